The molecule has 2 aromatic rings. The second kappa shape index (κ2) is 5.59. The SMILES string of the molecule is N[C@@H]1CCC[C@H]1CC(=O)Nc1cccc2ncccc12. The fourth-order valence-corrected chi connectivity index (χ4v) is 2.97. The van der Waals surface area contributed by atoms with E-state index in [1.807, 2.05) is 30.3 Å². The minimum absolute atomic E-state index is 0.0451. The fourth-order valence-electron chi connectivity index (χ4n) is 2.97. The van der Waals surface area contributed by atoms with Crippen molar-refractivity contribution in [3.05, 3.63) is 36.5 Å². The van der Waals surface area contributed by atoms with E-state index in [9.17, 15) is 4.79 Å². The molecule has 1 amide bonds. The van der Waals surface area contributed by atoms with E-state index >= 15 is 0 Å². The first-order chi connectivity index (χ1) is 9.74. The zero-order valence-corrected chi connectivity index (χ0v) is 11.4. The van der Waals surface area contributed by atoms with Crippen molar-refractivity contribution in [2.45, 2.75) is 31.7 Å². The van der Waals surface area contributed by atoms with Crippen LogP contribution >= 0.6 is 0 Å². The Bertz CT molecular complexity index is 621. The van der Waals surface area contributed by atoms with Gasteiger partial charge in [-0.3, -0.25) is 9.78 Å². The number of hydrogen-bond acceptors (Lipinski definition) is 3. The molecule has 1 aliphatic rings. The second-order valence-corrected chi connectivity index (χ2v) is 5.48. The lowest BCUT2D eigenvalue weighted by molar-refractivity contribution is -0.117. The highest BCUT2D eigenvalue weighted by Crippen LogP contribution is 2.28. The summed E-state index contributed by atoms with van der Waals surface area (Å²) in [5.74, 6) is 0.367. The maximum atomic E-state index is 12.2. The molecule has 20 heavy (non-hydrogen) atoms. The minimum Gasteiger partial charge on any atom is -0.327 e. The normalized spacial score (nSPS) is 22.1. The number of hydrogen-bond donors (Lipinski definition) is 2. The number of carbonyl (C=O) groups is 1. The minimum atomic E-state index is 0.0451. The number of anilines is 1. The van der Waals surface area contributed by atoms with Crippen LogP contribution in [0.1, 0.15) is 25.7 Å². The number of pyridine rings is 1. The van der Waals surface area contributed by atoms with Crippen molar-refractivity contribution in [1.82, 2.24) is 4.98 Å². The quantitative estimate of drug-likeness (QED) is 0.900. The molecule has 1 heterocycles. The molecule has 104 valence electrons. The molecule has 0 radical (unpaired) electrons. The van der Waals surface area contributed by atoms with E-state index in [0.717, 1.165) is 35.9 Å². The lowest BCUT2D eigenvalue weighted by Crippen LogP contribution is -2.28. The molecule has 1 aromatic carbocycles. The predicted molar refractivity (Wildman–Crippen MR) is 80.3 cm³/mol. The van der Waals surface area contributed by atoms with Gasteiger partial charge < -0.3 is 11.1 Å². The van der Waals surface area contributed by atoms with Gasteiger partial charge in [0.2, 0.25) is 5.91 Å². The Balaban J connectivity index is 1.74. The van der Waals surface area contributed by atoms with Crippen molar-refractivity contribution in [3.8, 4) is 0 Å². The van der Waals surface area contributed by atoms with Gasteiger partial charge >= 0.3 is 0 Å². The largest absolute Gasteiger partial charge is 0.327 e. The molecule has 0 unspecified atom stereocenters. The number of nitrogens with zero attached hydrogens (tertiary/aromatic N) is 1. The summed E-state index contributed by atoms with van der Waals surface area (Å²) in [4.78, 5) is 16.5. The van der Waals surface area contributed by atoms with Gasteiger partial charge in [0.1, 0.15) is 0 Å². The maximum Gasteiger partial charge on any atom is 0.224 e. The molecule has 1 fully saturated rings. The van der Waals surface area contributed by atoms with E-state index in [1.54, 1.807) is 6.20 Å². The van der Waals surface area contributed by atoms with Gasteiger partial charge in [0.25, 0.3) is 0 Å². The van der Waals surface area contributed by atoms with Crippen LogP contribution in [-0.4, -0.2) is 16.9 Å². The standard InChI is InChI=1S/C16H19N3O/c17-13-6-1-4-11(13)10-16(20)19-15-8-2-7-14-12(15)5-3-9-18-14/h2-3,5,7-9,11,13H,1,4,6,10,17H2,(H,19,20)/t11-,13+/m0/s1. The van der Waals surface area contributed by atoms with Gasteiger partial charge in [-0.1, -0.05) is 12.5 Å². The van der Waals surface area contributed by atoms with Crippen LogP contribution in [0.3, 0.4) is 0 Å². The molecule has 0 spiro atoms. The van der Waals surface area contributed by atoms with Crippen LogP contribution in [0.15, 0.2) is 36.5 Å². The number of benzene rings is 1. The molecule has 1 saturated carbocycles. The summed E-state index contributed by atoms with van der Waals surface area (Å²) in [6, 6.07) is 9.79. The number of nitrogens with two attached hydrogens (primary N) is 1. The van der Waals surface area contributed by atoms with Crippen LogP contribution in [-0.2, 0) is 4.79 Å². The van der Waals surface area contributed by atoms with Crippen LogP contribution < -0.4 is 11.1 Å². The number of carbonyl (C=O) groups excluding carboxylic acids is 1. The Morgan fingerprint density at radius 3 is 3.00 bits per heavy atom. The highest BCUT2D eigenvalue weighted by molar-refractivity contribution is 6.00. The summed E-state index contributed by atoms with van der Waals surface area (Å²) >= 11 is 0. The fraction of sp³-hybridized carbons (Fsp3) is 0.375. The summed E-state index contributed by atoms with van der Waals surface area (Å²) < 4.78 is 0. The first-order valence-corrected chi connectivity index (χ1v) is 7.13. The van der Waals surface area contributed by atoms with Crippen LogP contribution in [0.4, 0.5) is 5.69 Å². The van der Waals surface area contributed by atoms with Gasteiger partial charge in [0.05, 0.1) is 11.2 Å². The number of amides is 1. The van der Waals surface area contributed by atoms with Gasteiger partial charge in [-0.25, -0.2) is 0 Å². The molecule has 3 rings (SSSR count). The highest BCUT2D eigenvalue weighted by atomic mass is 16.1. The summed E-state index contributed by atoms with van der Waals surface area (Å²) in [7, 11) is 0. The molecule has 3 N–H and O–H groups in total. The molecule has 1 aromatic heterocycles. The van der Waals surface area contributed by atoms with Crippen molar-refractivity contribution in [2.24, 2.45) is 11.7 Å². The van der Waals surface area contributed by atoms with E-state index in [1.165, 1.54) is 0 Å². The van der Waals surface area contributed by atoms with Crippen LogP contribution in [0, 0.1) is 5.92 Å². The van der Waals surface area contributed by atoms with E-state index in [4.69, 9.17) is 5.73 Å². The maximum absolute atomic E-state index is 12.2. The molecule has 1 aliphatic carbocycles. The Morgan fingerprint density at radius 2 is 2.20 bits per heavy atom. The summed E-state index contributed by atoms with van der Waals surface area (Å²) in [5.41, 5.74) is 7.74. The molecular formula is C16H19N3O. The summed E-state index contributed by atoms with van der Waals surface area (Å²) in [5, 5.41) is 3.97. The average molecular weight is 269 g/mol. The first kappa shape index (κ1) is 13.1. The van der Waals surface area contributed by atoms with E-state index in [0.29, 0.717) is 12.3 Å². The monoisotopic (exact) mass is 269 g/mol. The van der Waals surface area contributed by atoms with Crippen molar-refractivity contribution in [1.29, 1.82) is 0 Å². The lowest BCUT2D eigenvalue weighted by Gasteiger charge is -2.15. The van der Waals surface area contributed by atoms with Gasteiger partial charge in [-0.2, -0.15) is 0 Å². The summed E-state index contributed by atoms with van der Waals surface area (Å²) in [6.45, 7) is 0. The number of rotatable bonds is 3. The topological polar surface area (TPSA) is 68.0 Å². The van der Waals surface area contributed by atoms with Crippen LogP contribution in [0.2, 0.25) is 0 Å². The third-order valence-corrected chi connectivity index (χ3v) is 4.09. The van der Waals surface area contributed by atoms with Gasteiger partial charge in [0.15, 0.2) is 0 Å². The number of fused-ring (bicyclic) bond motifs is 1. The average Bonchev–Trinajstić information content (AvgIpc) is 2.85. The number of nitrogens with one attached hydrogen (secondary N) is 1. The van der Waals surface area contributed by atoms with Crippen molar-refractivity contribution < 1.29 is 4.79 Å². The van der Waals surface area contributed by atoms with E-state index < -0.39 is 0 Å². The lowest BCUT2D eigenvalue weighted by atomic mass is 10.00. The first-order valence-electron chi connectivity index (χ1n) is 7.13. The van der Waals surface area contributed by atoms with Gasteiger partial charge in [-0.05, 0) is 43.0 Å². The Hall–Kier alpha value is -1.94. The van der Waals surface area contributed by atoms with Gasteiger partial charge in [-0.15, -0.1) is 0 Å². The molecule has 0 saturated heterocycles. The second-order valence-electron chi connectivity index (χ2n) is 5.48. The Kier molecular flexibility index (Phi) is 3.65. The smallest absolute Gasteiger partial charge is 0.224 e. The highest BCUT2D eigenvalue weighted by Gasteiger charge is 2.26. The van der Waals surface area contributed by atoms with Crippen molar-refractivity contribution in [3.63, 3.8) is 0 Å². The molecular weight excluding hydrogens is 250 g/mol. The summed E-state index contributed by atoms with van der Waals surface area (Å²) in [6.07, 6.45) is 5.50. The zero-order chi connectivity index (χ0) is 13.9. The molecule has 4 nitrogen and oxygen atoms in total. The van der Waals surface area contributed by atoms with Crippen LogP contribution in [0.25, 0.3) is 10.9 Å². The molecule has 0 aliphatic heterocycles. The van der Waals surface area contributed by atoms with E-state index in [2.05, 4.69) is 10.3 Å². The molecule has 2 atom stereocenters. The third kappa shape index (κ3) is 2.65. The Labute approximate surface area is 118 Å². The van der Waals surface area contributed by atoms with Crippen molar-refractivity contribution >= 4 is 22.5 Å². The molecule has 4 heteroatoms. The van der Waals surface area contributed by atoms with Crippen LogP contribution in [0.5, 0.6) is 0 Å². The zero-order valence-electron chi connectivity index (χ0n) is 11.4. The van der Waals surface area contributed by atoms with Gasteiger partial charge in [0, 0.05) is 24.0 Å². The number of aromatic nitrogens is 1. The van der Waals surface area contributed by atoms with E-state index in [-0.39, 0.29) is 11.9 Å². The van der Waals surface area contributed by atoms with Crippen molar-refractivity contribution in [2.75, 3.05) is 5.32 Å². The third-order valence-electron chi connectivity index (χ3n) is 4.09. The Morgan fingerprint density at radius 1 is 1.30 bits per heavy atom. The molecule has 0 bridgehead atoms. The predicted octanol–water partition coefficient (Wildman–Crippen LogP) is 2.69.